The topological polar surface area (TPSA) is 62.7 Å². The summed E-state index contributed by atoms with van der Waals surface area (Å²) in [4.78, 5) is 32.3. The highest BCUT2D eigenvalue weighted by atomic mass is 16.5. The van der Waals surface area contributed by atoms with Gasteiger partial charge in [-0.3, -0.25) is 4.79 Å². The molecule has 0 aromatic carbocycles. The average Bonchev–Trinajstić information content (AvgIpc) is 3.31. The second-order valence-corrected chi connectivity index (χ2v) is 6.26. The molecule has 1 saturated carbocycles. The fourth-order valence-electron chi connectivity index (χ4n) is 2.96. The Hall–Kier alpha value is -2.11. The second-order valence-electron chi connectivity index (χ2n) is 6.26. The van der Waals surface area contributed by atoms with Crippen molar-refractivity contribution in [1.82, 2.24) is 9.88 Å². The van der Waals surface area contributed by atoms with E-state index in [9.17, 15) is 9.59 Å². The number of esters is 1. The molecule has 0 unspecified atom stereocenters. The highest BCUT2D eigenvalue weighted by molar-refractivity contribution is 5.89. The first-order valence-corrected chi connectivity index (χ1v) is 8.27. The summed E-state index contributed by atoms with van der Waals surface area (Å²) in [7, 11) is 0. The predicted octanol–water partition coefficient (Wildman–Crippen LogP) is 1.56. The van der Waals surface area contributed by atoms with Gasteiger partial charge < -0.3 is 14.5 Å². The van der Waals surface area contributed by atoms with E-state index in [-0.39, 0.29) is 11.9 Å². The van der Waals surface area contributed by atoms with Crippen molar-refractivity contribution < 1.29 is 14.3 Å². The summed E-state index contributed by atoms with van der Waals surface area (Å²) in [6.07, 6.45) is 2.59. The van der Waals surface area contributed by atoms with Crippen molar-refractivity contribution >= 4 is 17.7 Å². The molecular formula is C17H23N3O3. The molecule has 2 fully saturated rings. The molecule has 1 aliphatic heterocycles. The van der Waals surface area contributed by atoms with Crippen LogP contribution in [0.25, 0.3) is 0 Å². The fraction of sp³-hybridized carbons (Fsp3) is 0.588. The lowest BCUT2D eigenvalue weighted by Gasteiger charge is -2.35. The quantitative estimate of drug-likeness (QED) is 0.789. The minimum Gasteiger partial charge on any atom is -0.462 e. The van der Waals surface area contributed by atoms with Gasteiger partial charge in [0.05, 0.1) is 12.2 Å². The minimum absolute atomic E-state index is 0.253. The van der Waals surface area contributed by atoms with Crippen LogP contribution in [0.1, 0.15) is 30.6 Å². The van der Waals surface area contributed by atoms with Crippen molar-refractivity contribution in [2.24, 2.45) is 11.8 Å². The Morgan fingerprint density at radius 2 is 1.96 bits per heavy atom. The fourth-order valence-corrected chi connectivity index (χ4v) is 2.96. The molecule has 1 aromatic heterocycles. The zero-order chi connectivity index (χ0) is 16.4. The van der Waals surface area contributed by atoms with Gasteiger partial charge in [0, 0.05) is 38.3 Å². The van der Waals surface area contributed by atoms with E-state index in [1.807, 2.05) is 11.0 Å². The van der Waals surface area contributed by atoms with Crippen molar-refractivity contribution in [3.8, 4) is 0 Å². The summed E-state index contributed by atoms with van der Waals surface area (Å²) in [6, 6.07) is 3.58. The molecule has 23 heavy (non-hydrogen) atoms. The summed E-state index contributed by atoms with van der Waals surface area (Å²) in [5.41, 5.74) is 0.465. The number of anilines is 1. The van der Waals surface area contributed by atoms with Crippen LogP contribution in [0.15, 0.2) is 18.3 Å². The van der Waals surface area contributed by atoms with Gasteiger partial charge in [0.15, 0.2) is 0 Å². The first-order valence-electron chi connectivity index (χ1n) is 8.27. The van der Waals surface area contributed by atoms with Gasteiger partial charge in [0.25, 0.3) is 0 Å². The molecular weight excluding hydrogens is 294 g/mol. The highest BCUT2D eigenvalue weighted by Crippen LogP contribution is 2.39. The molecule has 0 N–H and O–H groups in total. The molecule has 1 aliphatic carbocycles. The number of carbonyl (C=O) groups is 2. The predicted molar refractivity (Wildman–Crippen MR) is 86.3 cm³/mol. The molecule has 2 heterocycles. The highest BCUT2D eigenvalue weighted by Gasteiger charge is 2.41. The largest absolute Gasteiger partial charge is 0.462 e. The van der Waals surface area contributed by atoms with Crippen LogP contribution in [0, 0.1) is 11.8 Å². The number of hydrogen-bond acceptors (Lipinski definition) is 5. The van der Waals surface area contributed by atoms with Gasteiger partial charge in [-0.2, -0.15) is 0 Å². The molecule has 3 rings (SSSR count). The van der Waals surface area contributed by atoms with E-state index in [2.05, 4.69) is 16.8 Å². The SMILES string of the molecule is CCOC(=O)c1ccc(N2CCN(C(=O)[C@H]3C[C@@H]3C)CC2)nc1. The van der Waals surface area contributed by atoms with Gasteiger partial charge in [0.1, 0.15) is 5.82 Å². The van der Waals surface area contributed by atoms with Crippen LogP contribution in [-0.2, 0) is 9.53 Å². The number of ether oxygens (including phenoxy) is 1. The number of rotatable bonds is 4. The van der Waals surface area contributed by atoms with Crippen LogP contribution in [0.2, 0.25) is 0 Å². The standard InChI is InChI=1S/C17H23N3O3/c1-3-23-17(22)13-4-5-15(18-11-13)19-6-8-20(9-7-19)16(21)14-10-12(14)2/h4-5,11-12,14H,3,6-10H2,1-2H3/t12-,14-/m0/s1. The van der Waals surface area contributed by atoms with E-state index in [0.29, 0.717) is 24.0 Å². The van der Waals surface area contributed by atoms with E-state index in [0.717, 1.165) is 38.4 Å². The molecule has 2 atom stereocenters. The first kappa shape index (κ1) is 15.8. The van der Waals surface area contributed by atoms with Crippen molar-refractivity contribution in [3.63, 3.8) is 0 Å². The second kappa shape index (κ2) is 6.56. The third kappa shape index (κ3) is 3.46. The Morgan fingerprint density at radius 3 is 2.48 bits per heavy atom. The van der Waals surface area contributed by atoms with E-state index < -0.39 is 0 Å². The van der Waals surface area contributed by atoms with E-state index in [1.165, 1.54) is 0 Å². The number of carbonyl (C=O) groups excluding carboxylic acids is 2. The van der Waals surface area contributed by atoms with Gasteiger partial charge in [-0.15, -0.1) is 0 Å². The van der Waals surface area contributed by atoms with Crippen LogP contribution >= 0.6 is 0 Å². The van der Waals surface area contributed by atoms with Gasteiger partial charge in [-0.05, 0) is 31.4 Å². The normalized spacial score (nSPS) is 23.6. The van der Waals surface area contributed by atoms with E-state index >= 15 is 0 Å². The van der Waals surface area contributed by atoms with Crippen molar-refractivity contribution in [2.45, 2.75) is 20.3 Å². The van der Waals surface area contributed by atoms with Crippen LogP contribution < -0.4 is 4.90 Å². The summed E-state index contributed by atoms with van der Waals surface area (Å²) >= 11 is 0. The lowest BCUT2D eigenvalue weighted by Crippen LogP contribution is -2.49. The average molecular weight is 317 g/mol. The molecule has 6 heteroatoms. The Balaban J connectivity index is 1.55. The lowest BCUT2D eigenvalue weighted by molar-refractivity contribution is -0.133. The van der Waals surface area contributed by atoms with Crippen molar-refractivity contribution in [2.75, 3.05) is 37.7 Å². The molecule has 6 nitrogen and oxygen atoms in total. The summed E-state index contributed by atoms with van der Waals surface area (Å²) < 4.78 is 4.95. The lowest BCUT2D eigenvalue weighted by atomic mass is 10.2. The van der Waals surface area contributed by atoms with E-state index in [1.54, 1.807) is 19.2 Å². The van der Waals surface area contributed by atoms with Crippen LogP contribution in [0.5, 0.6) is 0 Å². The Labute approximate surface area is 136 Å². The van der Waals surface area contributed by atoms with Gasteiger partial charge in [0.2, 0.25) is 5.91 Å². The third-order valence-electron chi connectivity index (χ3n) is 4.60. The molecule has 0 spiro atoms. The molecule has 124 valence electrons. The zero-order valence-corrected chi connectivity index (χ0v) is 13.7. The Bertz CT molecular complexity index is 579. The summed E-state index contributed by atoms with van der Waals surface area (Å²) in [5.74, 6) is 1.61. The van der Waals surface area contributed by atoms with Gasteiger partial charge in [-0.25, -0.2) is 9.78 Å². The third-order valence-corrected chi connectivity index (χ3v) is 4.60. The number of hydrogen-bond donors (Lipinski definition) is 0. The number of amides is 1. The van der Waals surface area contributed by atoms with Crippen LogP contribution in [0.3, 0.4) is 0 Å². The van der Waals surface area contributed by atoms with Gasteiger partial charge in [-0.1, -0.05) is 6.92 Å². The molecule has 1 amide bonds. The number of pyridine rings is 1. The number of piperazine rings is 1. The maximum Gasteiger partial charge on any atom is 0.339 e. The minimum atomic E-state index is -0.347. The number of aromatic nitrogens is 1. The molecule has 2 aliphatic rings. The molecule has 0 bridgehead atoms. The zero-order valence-electron chi connectivity index (χ0n) is 13.7. The van der Waals surface area contributed by atoms with Crippen LogP contribution in [-0.4, -0.2) is 54.5 Å². The Morgan fingerprint density at radius 1 is 1.26 bits per heavy atom. The smallest absolute Gasteiger partial charge is 0.339 e. The summed E-state index contributed by atoms with van der Waals surface area (Å²) in [6.45, 7) is 7.30. The summed E-state index contributed by atoms with van der Waals surface area (Å²) in [5, 5.41) is 0. The monoisotopic (exact) mass is 317 g/mol. The maximum atomic E-state index is 12.2. The maximum absolute atomic E-state index is 12.2. The number of nitrogens with zero attached hydrogens (tertiary/aromatic N) is 3. The van der Waals surface area contributed by atoms with Gasteiger partial charge >= 0.3 is 5.97 Å². The van der Waals surface area contributed by atoms with Crippen molar-refractivity contribution in [3.05, 3.63) is 23.9 Å². The van der Waals surface area contributed by atoms with Crippen molar-refractivity contribution in [1.29, 1.82) is 0 Å². The molecule has 1 saturated heterocycles. The first-order chi connectivity index (χ1) is 11.1. The Kier molecular flexibility index (Phi) is 4.50. The van der Waals surface area contributed by atoms with Crippen LogP contribution in [0.4, 0.5) is 5.82 Å². The molecule has 1 aromatic rings. The van der Waals surface area contributed by atoms with E-state index in [4.69, 9.17) is 4.74 Å². The molecule has 0 radical (unpaired) electrons.